The quantitative estimate of drug-likeness (QED) is 0.726. The summed E-state index contributed by atoms with van der Waals surface area (Å²) in [5.74, 6) is 1.000. The number of thioether (sulfide) groups is 1. The number of likely N-dealkylation sites (tertiary alicyclic amines) is 1. The summed E-state index contributed by atoms with van der Waals surface area (Å²) < 4.78 is 0. The molecule has 13 heavy (non-hydrogen) atoms. The van der Waals surface area contributed by atoms with Gasteiger partial charge >= 0.3 is 0 Å². The number of carbonyl (C=O) groups is 1. The van der Waals surface area contributed by atoms with E-state index in [9.17, 15) is 4.79 Å². The second-order valence-electron chi connectivity index (χ2n) is 3.15. The van der Waals surface area contributed by atoms with Gasteiger partial charge in [-0.25, -0.2) is 0 Å². The first-order valence-corrected chi connectivity index (χ1v) is 5.86. The molecule has 0 aromatic heterocycles. The zero-order valence-corrected chi connectivity index (χ0v) is 8.85. The van der Waals surface area contributed by atoms with Crippen LogP contribution in [0.4, 0.5) is 0 Å². The van der Waals surface area contributed by atoms with Crippen molar-refractivity contribution in [1.29, 1.82) is 0 Å². The topological polar surface area (TPSA) is 40.5 Å². The van der Waals surface area contributed by atoms with E-state index in [0.29, 0.717) is 6.42 Å². The highest BCUT2D eigenvalue weighted by atomic mass is 32.2. The maximum Gasteiger partial charge on any atom is 0.223 e. The van der Waals surface area contributed by atoms with Crippen LogP contribution in [0, 0.1) is 0 Å². The van der Waals surface area contributed by atoms with Gasteiger partial charge in [0.1, 0.15) is 0 Å². The average molecular weight is 203 g/mol. The fourth-order valence-electron chi connectivity index (χ4n) is 1.59. The van der Waals surface area contributed by atoms with Gasteiger partial charge in [0, 0.05) is 18.7 Å². The van der Waals surface area contributed by atoms with Crippen LogP contribution < -0.4 is 0 Å². The molecule has 1 aliphatic heterocycles. The minimum atomic E-state index is 0.198. The normalized spacial score (nSPS) is 19.5. The van der Waals surface area contributed by atoms with E-state index in [0.717, 1.165) is 25.1 Å². The SMILES string of the molecule is CCC(SCCO)N1CCCC1=O. The van der Waals surface area contributed by atoms with E-state index in [1.807, 2.05) is 4.90 Å². The lowest BCUT2D eigenvalue weighted by molar-refractivity contribution is -0.128. The van der Waals surface area contributed by atoms with E-state index < -0.39 is 0 Å². The molecule has 1 unspecified atom stereocenters. The molecule has 1 fully saturated rings. The molecule has 1 aliphatic rings. The number of aliphatic hydroxyl groups excluding tert-OH is 1. The molecule has 0 saturated carbocycles. The Hall–Kier alpha value is -0.220. The van der Waals surface area contributed by atoms with E-state index in [2.05, 4.69) is 6.92 Å². The molecule has 1 amide bonds. The number of amides is 1. The molecular formula is C9H17NO2S. The van der Waals surface area contributed by atoms with Crippen LogP contribution in [0.25, 0.3) is 0 Å². The molecule has 1 rings (SSSR count). The van der Waals surface area contributed by atoms with E-state index in [-0.39, 0.29) is 17.9 Å². The Bertz CT molecular complexity index is 175. The Labute approximate surface area is 83.5 Å². The number of aliphatic hydroxyl groups is 1. The lowest BCUT2D eigenvalue weighted by Crippen LogP contribution is -2.33. The summed E-state index contributed by atoms with van der Waals surface area (Å²) >= 11 is 1.68. The standard InChI is InChI=1S/C9H17NO2S/c1-2-9(13-7-6-11)10-5-3-4-8(10)12/h9,11H,2-7H2,1H3. The minimum Gasteiger partial charge on any atom is -0.396 e. The van der Waals surface area contributed by atoms with Crippen LogP contribution in [0.3, 0.4) is 0 Å². The van der Waals surface area contributed by atoms with Crippen molar-refractivity contribution in [2.24, 2.45) is 0 Å². The van der Waals surface area contributed by atoms with Gasteiger partial charge in [0.2, 0.25) is 5.91 Å². The van der Waals surface area contributed by atoms with Crippen LogP contribution in [-0.2, 0) is 4.79 Å². The largest absolute Gasteiger partial charge is 0.396 e. The molecular weight excluding hydrogens is 186 g/mol. The van der Waals surface area contributed by atoms with Gasteiger partial charge in [0.25, 0.3) is 0 Å². The molecule has 4 heteroatoms. The molecule has 1 atom stereocenters. The van der Waals surface area contributed by atoms with Crippen LogP contribution in [-0.4, -0.2) is 40.2 Å². The Balaban J connectivity index is 2.40. The molecule has 76 valence electrons. The van der Waals surface area contributed by atoms with Crippen LogP contribution in [0.1, 0.15) is 26.2 Å². The lowest BCUT2D eigenvalue weighted by Gasteiger charge is -2.25. The summed E-state index contributed by atoms with van der Waals surface area (Å²) in [5.41, 5.74) is 0. The van der Waals surface area contributed by atoms with Gasteiger partial charge in [-0.05, 0) is 12.8 Å². The molecule has 3 nitrogen and oxygen atoms in total. The van der Waals surface area contributed by atoms with E-state index in [1.54, 1.807) is 11.8 Å². The first kappa shape index (κ1) is 10.9. The van der Waals surface area contributed by atoms with Crippen molar-refractivity contribution in [3.8, 4) is 0 Å². The molecule has 0 aromatic carbocycles. The number of carbonyl (C=O) groups excluding carboxylic acids is 1. The van der Waals surface area contributed by atoms with Gasteiger partial charge in [0.15, 0.2) is 0 Å². The zero-order chi connectivity index (χ0) is 9.68. The van der Waals surface area contributed by atoms with Gasteiger partial charge in [0.05, 0.1) is 12.0 Å². The van der Waals surface area contributed by atoms with Gasteiger partial charge in [-0.15, -0.1) is 11.8 Å². The van der Waals surface area contributed by atoms with Gasteiger partial charge in [-0.2, -0.15) is 0 Å². The highest BCUT2D eigenvalue weighted by molar-refractivity contribution is 7.99. The maximum absolute atomic E-state index is 11.4. The van der Waals surface area contributed by atoms with Crippen molar-refractivity contribution >= 4 is 17.7 Å². The van der Waals surface area contributed by atoms with Crippen molar-refractivity contribution in [3.05, 3.63) is 0 Å². The third-order valence-electron chi connectivity index (χ3n) is 2.21. The number of nitrogens with zero attached hydrogens (tertiary/aromatic N) is 1. The smallest absolute Gasteiger partial charge is 0.223 e. The second-order valence-corrected chi connectivity index (χ2v) is 4.43. The summed E-state index contributed by atoms with van der Waals surface area (Å²) in [4.78, 5) is 13.3. The lowest BCUT2D eigenvalue weighted by atomic mass is 10.4. The minimum absolute atomic E-state index is 0.198. The Morgan fingerprint density at radius 3 is 2.92 bits per heavy atom. The van der Waals surface area contributed by atoms with Crippen molar-refractivity contribution in [3.63, 3.8) is 0 Å². The summed E-state index contributed by atoms with van der Waals surface area (Å²) in [7, 11) is 0. The number of hydrogen-bond donors (Lipinski definition) is 1. The third kappa shape index (κ3) is 2.88. The van der Waals surface area contributed by atoms with E-state index >= 15 is 0 Å². The summed E-state index contributed by atoms with van der Waals surface area (Å²) in [6, 6.07) is 0. The third-order valence-corrected chi connectivity index (χ3v) is 3.60. The Morgan fingerprint density at radius 2 is 2.46 bits per heavy atom. The van der Waals surface area contributed by atoms with Gasteiger partial charge in [-0.1, -0.05) is 6.92 Å². The fourth-order valence-corrected chi connectivity index (χ4v) is 2.61. The van der Waals surface area contributed by atoms with Crippen LogP contribution in [0.2, 0.25) is 0 Å². The monoisotopic (exact) mass is 203 g/mol. The van der Waals surface area contributed by atoms with Crippen LogP contribution in [0.5, 0.6) is 0 Å². The average Bonchev–Trinajstić information content (AvgIpc) is 2.54. The molecule has 0 aliphatic carbocycles. The van der Waals surface area contributed by atoms with Gasteiger partial charge < -0.3 is 10.0 Å². The summed E-state index contributed by atoms with van der Waals surface area (Å²) in [6.45, 7) is 3.18. The molecule has 0 radical (unpaired) electrons. The second kappa shape index (κ2) is 5.50. The fraction of sp³-hybridized carbons (Fsp3) is 0.889. The van der Waals surface area contributed by atoms with Crippen molar-refractivity contribution in [2.45, 2.75) is 31.6 Å². The Morgan fingerprint density at radius 1 is 1.69 bits per heavy atom. The first-order chi connectivity index (χ1) is 6.29. The molecule has 1 heterocycles. The molecule has 1 N–H and O–H groups in total. The summed E-state index contributed by atoms with van der Waals surface area (Å²) in [5, 5.41) is 8.97. The van der Waals surface area contributed by atoms with Gasteiger partial charge in [-0.3, -0.25) is 4.79 Å². The highest BCUT2D eigenvalue weighted by Gasteiger charge is 2.26. The van der Waals surface area contributed by atoms with Crippen LogP contribution in [0.15, 0.2) is 0 Å². The van der Waals surface area contributed by atoms with Crippen LogP contribution >= 0.6 is 11.8 Å². The molecule has 0 aromatic rings. The molecule has 0 spiro atoms. The first-order valence-electron chi connectivity index (χ1n) is 4.81. The molecule has 0 bridgehead atoms. The van der Waals surface area contributed by atoms with Crippen molar-refractivity contribution in [1.82, 2.24) is 4.90 Å². The number of hydrogen-bond acceptors (Lipinski definition) is 3. The molecule has 1 saturated heterocycles. The van der Waals surface area contributed by atoms with E-state index in [1.165, 1.54) is 0 Å². The number of rotatable bonds is 5. The maximum atomic E-state index is 11.4. The predicted octanol–water partition coefficient (Wildman–Crippen LogP) is 1.07. The zero-order valence-electron chi connectivity index (χ0n) is 8.03. The van der Waals surface area contributed by atoms with Crippen molar-refractivity contribution in [2.75, 3.05) is 18.9 Å². The highest BCUT2D eigenvalue weighted by Crippen LogP contribution is 2.23. The van der Waals surface area contributed by atoms with Crippen molar-refractivity contribution < 1.29 is 9.90 Å². The van der Waals surface area contributed by atoms with E-state index in [4.69, 9.17) is 5.11 Å². The predicted molar refractivity (Wildman–Crippen MR) is 54.6 cm³/mol. The Kier molecular flexibility index (Phi) is 4.59. The summed E-state index contributed by atoms with van der Waals surface area (Å²) in [6.07, 6.45) is 2.67.